The lowest BCUT2D eigenvalue weighted by Gasteiger charge is -2.05. The van der Waals surface area contributed by atoms with Gasteiger partial charge in [-0.2, -0.15) is 0 Å². The molecule has 74 valence electrons. The number of carboxylic acids is 1. The predicted octanol–water partition coefficient (Wildman–Crippen LogP) is 1.60. The van der Waals surface area contributed by atoms with Gasteiger partial charge in [-0.3, -0.25) is 4.79 Å². The number of carbonyl (C=O) groups is 2. The number of aryl methyl sites for hydroxylation is 1. The van der Waals surface area contributed by atoms with E-state index < -0.39 is 5.97 Å². The molecule has 1 aromatic rings. The molecule has 14 heavy (non-hydrogen) atoms. The molecule has 0 aliphatic heterocycles. The highest BCUT2D eigenvalue weighted by Crippen LogP contribution is 2.24. The van der Waals surface area contributed by atoms with E-state index in [1.807, 2.05) is 0 Å². The third-order valence-electron chi connectivity index (χ3n) is 1.93. The van der Waals surface area contributed by atoms with Gasteiger partial charge < -0.3 is 10.2 Å². The lowest BCUT2D eigenvalue weighted by molar-refractivity contribution is 0.0696. The molecule has 1 rings (SSSR count). The fourth-order valence-corrected chi connectivity index (χ4v) is 1.17. The van der Waals surface area contributed by atoms with Crippen LogP contribution in [0.5, 0.6) is 5.75 Å². The molecule has 0 amide bonds. The van der Waals surface area contributed by atoms with Crippen molar-refractivity contribution < 1.29 is 19.8 Å². The monoisotopic (exact) mass is 194 g/mol. The van der Waals surface area contributed by atoms with Crippen molar-refractivity contribution in [2.45, 2.75) is 13.8 Å². The SMILES string of the molecule is CC(=O)c1cc(C(=O)O)cc(C)c1O. The molecule has 0 aromatic heterocycles. The summed E-state index contributed by atoms with van der Waals surface area (Å²) in [6.07, 6.45) is 0. The van der Waals surface area contributed by atoms with Crippen molar-refractivity contribution in [3.05, 3.63) is 28.8 Å². The van der Waals surface area contributed by atoms with E-state index in [-0.39, 0.29) is 22.7 Å². The Morgan fingerprint density at radius 2 is 1.86 bits per heavy atom. The van der Waals surface area contributed by atoms with Gasteiger partial charge in [0.15, 0.2) is 5.78 Å². The van der Waals surface area contributed by atoms with Gasteiger partial charge in [-0.15, -0.1) is 0 Å². The number of carboxylic acid groups (broad SMARTS) is 1. The van der Waals surface area contributed by atoms with Crippen molar-refractivity contribution in [3.8, 4) is 5.75 Å². The number of rotatable bonds is 2. The van der Waals surface area contributed by atoms with E-state index in [1.54, 1.807) is 6.92 Å². The number of ketones is 1. The fraction of sp³-hybridized carbons (Fsp3) is 0.200. The van der Waals surface area contributed by atoms with Gasteiger partial charge in [0.25, 0.3) is 0 Å². The van der Waals surface area contributed by atoms with Crippen LogP contribution in [0.25, 0.3) is 0 Å². The maximum atomic E-state index is 11.0. The molecule has 4 nitrogen and oxygen atoms in total. The van der Waals surface area contributed by atoms with E-state index in [2.05, 4.69) is 0 Å². The molecule has 0 radical (unpaired) electrons. The summed E-state index contributed by atoms with van der Waals surface area (Å²) < 4.78 is 0. The molecular formula is C10H10O4. The van der Waals surface area contributed by atoms with Gasteiger partial charge in [-0.1, -0.05) is 0 Å². The van der Waals surface area contributed by atoms with Gasteiger partial charge in [0.2, 0.25) is 0 Å². The summed E-state index contributed by atoms with van der Waals surface area (Å²) >= 11 is 0. The topological polar surface area (TPSA) is 74.6 Å². The van der Waals surface area contributed by atoms with Gasteiger partial charge in [0.1, 0.15) is 5.75 Å². The molecular weight excluding hydrogens is 184 g/mol. The Labute approximate surface area is 80.8 Å². The van der Waals surface area contributed by atoms with Crippen LogP contribution in [0.3, 0.4) is 0 Å². The average molecular weight is 194 g/mol. The third kappa shape index (κ3) is 1.74. The van der Waals surface area contributed by atoms with E-state index >= 15 is 0 Å². The first-order chi connectivity index (χ1) is 6.43. The molecule has 0 heterocycles. The average Bonchev–Trinajstić information content (AvgIpc) is 2.08. The van der Waals surface area contributed by atoms with Crippen LogP contribution in [0.4, 0.5) is 0 Å². The van der Waals surface area contributed by atoms with Crippen LogP contribution in [0, 0.1) is 6.92 Å². The Morgan fingerprint density at radius 1 is 1.29 bits per heavy atom. The minimum atomic E-state index is -1.12. The van der Waals surface area contributed by atoms with Crippen molar-refractivity contribution in [1.82, 2.24) is 0 Å². The zero-order chi connectivity index (χ0) is 10.9. The molecule has 0 unspecified atom stereocenters. The summed E-state index contributed by atoms with van der Waals surface area (Å²) in [4.78, 5) is 21.7. The number of aromatic carboxylic acids is 1. The van der Waals surface area contributed by atoms with Crippen molar-refractivity contribution in [2.24, 2.45) is 0 Å². The number of Topliss-reactive ketones (excluding diaryl/α,β-unsaturated/α-hetero) is 1. The second-order valence-corrected chi connectivity index (χ2v) is 3.05. The zero-order valence-corrected chi connectivity index (χ0v) is 7.87. The second-order valence-electron chi connectivity index (χ2n) is 3.05. The number of phenolic OH excluding ortho intramolecular Hbond substituents is 1. The first kappa shape index (κ1) is 10.2. The highest BCUT2D eigenvalue weighted by molar-refractivity contribution is 6.00. The molecule has 2 N–H and O–H groups in total. The summed E-state index contributed by atoms with van der Waals surface area (Å²) in [6.45, 7) is 2.83. The van der Waals surface area contributed by atoms with Crippen molar-refractivity contribution in [3.63, 3.8) is 0 Å². The van der Waals surface area contributed by atoms with Gasteiger partial charge in [-0.05, 0) is 31.5 Å². The largest absolute Gasteiger partial charge is 0.507 e. The second kappa shape index (κ2) is 3.49. The van der Waals surface area contributed by atoms with E-state index in [4.69, 9.17) is 5.11 Å². The molecule has 0 saturated heterocycles. The Balaban J connectivity index is 3.43. The lowest BCUT2D eigenvalue weighted by atomic mass is 10.0. The number of carbonyl (C=O) groups excluding carboxylic acids is 1. The fourth-order valence-electron chi connectivity index (χ4n) is 1.17. The number of hydrogen-bond acceptors (Lipinski definition) is 3. The first-order valence-corrected chi connectivity index (χ1v) is 4.01. The van der Waals surface area contributed by atoms with Gasteiger partial charge >= 0.3 is 5.97 Å². The van der Waals surface area contributed by atoms with Crippen LogP contribution in [0.15, 0.2) is 12.1 Å². The number of benzene rings is 1. The first-order valence-electron chi connectivity index (χ1n) is 4.01. The maximum Gasteiger partial charge on any atom is 0.335 e. The normalized spacial score (nSPS) is 9.86. The van der Waals surface area contributed by atoms with E-state index in [0.717, 1.165) is 0 Å². The van der Waals surface area contributed by atoms with Gasteiger partial charge in [-0.25, -0.2) is 4.79 Å². The molecule has 0 spiro atoms. The van der Waals surface area contributed by atoms with Crippen LogP contribution < -0.4 is 0 Å². The smallest absolute Gasteiger partial charge is 0.335 e. The highest BCUT2D eigenvalue weighted by atomic mass is 16.4. The van der Waals surface area contributed by atoms with Crippen LogP contribution in [0.2, 0.25) is 0 Å². The zero-order valence-electron chi connectivity index (χ0n) is 7.87. The van der Waals surface area contributed by atoms with E-state index in [9.17, 15) is 14.7 Å². The summed E-state index contributed by atoms with van der Waals surface area (Å²) in [7, 11) is 0. The summed E-state index contributed by atoms with van der Waals surface area (Å²) in [5.74, 6) is -1.62. The summed E-state index contributed by atoms with van der Waals surface area (Å²) in [5, 5.41) is 18.2. The Kier molecular flexibility index (Phi) is 2.56. The standard InChI is InChI=1S/C10H10O4/c1-5-3-7(10(13)14)4-8(6(2)11)9(5)12/h3-4,12H,1-2H3,(H,13,14). The van der Waals surface area contributed by atoms with E-state index in [1.165, 1.54) is 19.1 Å². The third-order valence-corrected chi connectivity index (χ3v) is 1.93. The quantitative estimate of drug-likeness (QED) is 0.701. The number of hydrogen-bond donors (Lipinski definition) is 2. The Morgan fingerprint density at radius 3 is 2.29 bits per heavy atom. The molecule has 0 atom stereocenters. The maximum absolute atomic E-state index is 11.0. The molecule has 4 heteroatoms. The van der Waals surface area contributed by atoms with Gasteiger partial charge in [0, 0.05) is 0 Å². The van der Waals surface area contributed by atoms with Crippen LogP contribution in [-0.2, 0) is 0 Å². The summed E-state index contributed by atoms with van der Waals surface area (Å²) in [6, 6.07) is 2.50. The Bertz CT molecular complexity index is 407. The molecule has 0 saturated carbocycles. The molecule has 0 bridgehead atoms. The Hall–Kier alpha value is -1.84. The molecule has 0 aliphatic carbocycles. The molecule has 0 fully saturated rings. The van der Waals surface area contributed by atoms with Crippen LogP contribution in [0.1, 0.15) is 33.2 Å². The highest BCUT2D eigenvalue weighted by Gasteiger charge is 2.13. The van der Waals surface area contributed by atoms with Crippen molar-refractivity contribution >= 4 is 11.8 Å². The molecule has 1 aromatic carbocycles. The van der Waals surface area contributed by atoms with Gasteiger partial charge in [0.05, 0.1) is 11.1 Å². The van der Waals surface area contributed by atoms with Crippen LogP contribution in [-0.4, -0.2) is 22.0 Å². The number of aromatic hydroxyl groups is 1. The summed E-state index contributed by atoms with van der Waals surface area (Å²) in [5.41, 5.74) is 0.433. The predicted molar refractivity (Wildman–Crippen MR) is 49.8 cm³/mol. The minimum absolute atomic E-state index is 0.00509. The van der Waals surface area contributed by atoms with Crippen molar-refractivity contribution in [2.75, 3.05) is 0 Å². The lowest BCUT2D eigenvalue weighted by Crippen LogP contribution is -2.02. The van der Waals surface area contributed by atoms with Crippen molar-refractivity contribution in [1.29, 1.82) is 0 Å². The van der Waals surface area contributed by atoms with E-state index in [0.29, 0.717) is 5.56 Å². The minimum Gasteiger partial charge on any atom is -0.507 e. The number of phenols is 1. The van der Waals surface area contributed by atoms with Crippen LogP contribution >= 0.6 is 0 Å². The molecule has 0 aliphatic rings.